The molecule has 0 heterocycles. The molecule has 184 valence electrons. The van der Waals surface area contributed by atoms with Crippen LogP contribution in [0.15, 0.2) is 12.2 Å². The lowest BCUT2D eigenvalue weighted by atomic mass is 10.0. The number of aliphatic hydroxyl groups is 2. The van der Waals surface area contributed by atoms with Crippen LogP contribution in [0, 0.1) is 0 Å². The summed E-state index contributed by atoms with van der Waals surface area (Å²) in [4.78, 5) is 11.9. The molecule has 0 saturated carbocycles. The summed E-state index contributed by atoms with van der Waals surface area (Å²) in [5.74, 6) is 0.0490. The summed E-state index contributed by atoms with van der Waals surface area (Å²) in [6.07, 6.45) is 28.4. The van der Waals surface area contributed by atoms with Gasteiger partial charge in [0.2, 0.25) is 5.91 Å². The van der Waals surface area contributed by atoms with E-state index in [9.17, 15) is 4.79 Å². The number of aliphatic hydroxyl groups excluding tert-OH is 2. The van der Waals surface area contributed by atoms with Crippen molar-refractivity contribution in [3.8, 4) is 0 Å². The summed E-state index contributed by atoms with van der Waals surface area (Å²) < 4.78 is 0. The zero-order valence-electron chi connectivity index (χ0n) is 20.6. The van der Waals surface area contributed by atoms with E-state index in [-0.39, 0.29) is 25.2 Å². The van der Waals surface area contributed by atoms with Crippen LogP contribution in [0.1, 0.15) is 135 Å². The van der Waals surface area contributed by atoms with E-state index in [0.29, 0.717) is 19.3 Å². The summed E-state index contributed by atoms with van der Waals surface area (Å²) in [5.41, 5.74) is 0. The fourth-order valence-electron chi connectivity index (χ4n) is 3.96. The number of hydrogen-bond acceptors (Lipinski definition) is 3. The Balaban J connectivity index is 3.30. The molecule has 0 unspecified atom stereocenters. The average molecular weight is 440 g/mol. The SMILES string of the molecule is CCCCCCCC/C=C\CCCCCCCCCCCC(=O)NC(CCO)CCO. The molecule has 0 aromatic rings. The normalized spacial score (nSPS) is 11.6. The van der Waals surface area contributed by atoms with Crippen molar-refractivity contribution in [3.63, 3.8) is 0 Å². The fourth-order valence-corrected chi connectivity index (χ4v) is 3.96. The molecule has 0 fully saturated rings. The van der Waals surface area contributed by atoms with Crippen LogP contribution in [0.3, 0.4) is 0 Å². The summed E-state index contributed by atoms with van der Waals surface area (Å²) in [6, 6.07) is -0.0988. The Labute approximate surface area is 193 Å². The molecule has 0 bridgehead atoms. The Bertz CT molecular complexity index is 392. The Hall–Kier alpha value is -0.870. The lowest BCUT2D eigenvalue weighted by molar-refractivity contribution is -0.122. The van der Waals surface area contributed by atoms with Crippen molar-refractivity contribution < 1.29 is 15.0 Å². The predicted molar refractivity (Wildman–Crippen MR) is 133 cm³/mol. The third kappa shape index (κ3) is 23.6. The minimum Gasteiger partial charge on any atom is -0.396 e. The maximum absolute atomic E-state index is 11.9. The first-order valence-electron chi connectivity index (χ1n) is 13.4. The van der Waals surface area contributed by atoms with Crippen LogP contribution in [0.25, 0.3) is 0 Å². The Morgan fingerprint density at radius 2 is 1.10 bits per heavy atom. The second-order valence-electron chi connectivity index (χ2n) is 9.04. The summed E-state index contributed by atoms with van der Waals surface area (Å²) in [5, 5.41) is 20.9. The highest BCUT2D eigenvalue weighted by Gasteiger charge is 2.10. The van der Waals surface area contributed by atoms with Crippen molar-refractivity contribution in [2.24, 2.45) is 0 Å². The lowest BCUT2D eigenvalue weighted by Gasteiger charge is -2.16. The largest absolute Gasteiger partial charge is 0.396 e. The quantitative estimate of drug-likeness (QED) is 0.114. The average Bonchev–Trinajstić information content (AvgIpc) is 2.75. The molecule has 4 nitrogen and oxygen atoms in total. The van der Waals surface area contributed by atoms with Crippen molar-refractivity contribution >= 4 is 5.91 Å². The molecule has 0 aromatic carbocycles. The number of rotatable bonds is 24. The number of allylic oxidation sites excluding steroid dienone is 2. The lowest BCUT2D eigenvalue weighted by Crippen LogP contribution is -2.36. The van der Waals surface area contributed by atoms with Gasteiger partial charge in [-0.2, -0.15) is 0 Å². The van der Waals surface area contributed by atoms with Crippen LogP contribution in [0.2, 0.25) is 0 Å². The molecule has 0 aromatic heterocycles. The van der Waals surface area contributed by atoms with Gasteiger partial charge in [0.25, 0.3) is 0 Å². The van der Waals surface area contributed by atoms with Crippen molar-refractivity contribution in [1.82, 2.24) is 5.32 Å². The van der Waals surface area contributed by atoms with Crippen LogP contribution in [0.5, 0.6) is 0 Å². The molecule has 0 rings (SSSR count). The molecule has 31 heavy (non-hydrogen) atoms. The monoisotopic (exact) mass is 439 g/mol. The first kappa shape index (κ1) is 30.1. The van der Waals surface area contributed by atoms with E-state index in [4.69, 9.17) is 10.2 Å². The van der Waals surface area contributed by atoms with Crippen LogP contribution in [0.4, 0.5) is 0 Å². The highest BCUT2D eigenvalue weighted by Crippen LogP contribution is 2.12. The molecule has 1 amide bonds. The number of carbonyl (C=O) groups excluding carboxylic acids is 1. The third-order valence-corrected chi connectivity index (χ3v) is 5.99. The van der Waals surface area contributed by atoms with E-state index in [0.717, 1.165) is 12.8 Å². The highest BCUT2D eigenvalue weighted by atomic mass is 16.3. The van der Waals surface area contributed by atoms with Crippen LogP contribution in [-0.2, 0) is 4.79 Å². The summed E-state index contributed by atoms with van der Waals surface area (Å²) in [6.45, 7) is 2.36. The van der Waals surface area contributed by atoms with Crippen molar-refractivity contribution in [1.29, 1.82) is 0 Å². The van der Waals surface area contributed by atoms with Gasteiger partial charge in [0.15, 0.2) is 0 Å². The molecule has 3 N–H and O–H groups in total. The molecule has 0 aliphatic heterocycles. The van der Waals surface area contributed by atoms with Gasteiger partial charge in [-0.1, -0.05) is 96.1 Å². The third-order valence-electron chi connectivity index (χ3n) is 5.99. The number of carbonyl (C=O) groups is 1. The first-order chi connectivity index (χ1) is 15.2. The zero-order valence-corrected chi connectivity index (χ0v) is 20.6. The summed E-state index contributed by atoms with van der Waals surface area (Å²) in [7, 11) is 0. The minimum atomic E-state index is -0.0988. The maximum Gasteiger partial charge on any atom is 0.220 e. The Morgan fingerprint density at radius 1 is 0.677 bits per heavy atom. The molecule has 0 atom stereocenters. The van der Waals surface area contributed by atoms with E-state index in [1.807, 2.05) is 0 Å². The molecule has 0 radical (unpaired) electrons. The van der Waals surface area contributed by atoms with Gasteiger partial charge < -0.3 is 15.5 Å². The van der Waals surface area contributed by atoms with Crippen LogP contribution >= 0.6 is 0 Å². The van der Waals surface area contributed by atoms with Gasteiger partial charge in [0.1, 0.15) is 0 Å². The van der Waals surface area contributed by atoms with Crippen molar-refractivity contribution in [2.45, 2.75) is 141 Å². The molecule has 4 heteroatoms. The van der Waals surface area contributed by atoms with Gasteiger partial charge in [-0.15, -0.1) is 0 Å². The fraction of sp³-hybridized carbons (Fsp3) is 0.889. The first-order valence-corrected chi connectivity index (χ1v) is 13.4. The van der Waals surface area contributed by atoms with E-state index in [1.165, 1.54) is 96.3 Å². The van der Waals surface area contributed by atoms with Crippen LogP contribution in [-0.4, -0.2) is 35.4 Å². The van der Waals surface area contributed by atoms with Gasteiger partial charge >= 0.3 is 0 Å². The maximum atomic E-state index is 11.9. The number of amides is 1. The molecule has 0 aliphatic carbocycles. The van der Waals surface area contributed by atoms with Crippen LogP contribution < -0.4 is 5.32 Å². The second kappa shape index (κ2) is 25.4. The highest BCUT2D eigenvalue weighted by molar-refractivity contribution is 5.76. The summed E-state index contributed by atoms with van der Waals surface area (Å²) >= 11 is 0. The van der Waals surface area contributed by atoms with Gasteiger partial charge in [0.05, 0.1) is 0 Å². The smallest absolute Gasteiger partial charge is 0.220 e. The molecule has 0 aliphatic rings. The standard InChI is InChI=1S/C27H53NO3/c1-2-3-4-5-6-7-8-9-10-11-12-13-14-15-16-17-18-19-20-21-27(31)28-26(22-24-29)23-25-30/h9-10,26,29-30H,2-8,11-25H2,1H3,(H,28,31)/b10-9-. The van der Waals surface area contributed by atoms with Crippen molar-refractivity contribution in [2.75, 3.05) is 13.2 Å². The Morgan fingerprint density at radius 3 is 1.55 bits per heavy atom. The topological polar surface area (TPSA) is 69.6 Å². The second-order valence-corrected chi connectivity index (χ2v) is 9.04. The minimum absolute atomic E-state index is 0.0426. The zero-order chi connectivity index (χ0) is 22.8. The number of unbranched alkanes of at least 4 members (excludes halogenated alkanes) is 15. The van der Waals surface area contributed by atoms with E-state index >= 15 is 0 Å². The van der Waals surface area contributed by atoms with E-state index in [1.54, 1.807) is 0 Å². The predicted octanol–water partition coefficient (Wildman–Crippen LogP) is 6.83. The van der Waals surface area contributed by atoms with E-state index in [2.05, 4.69) is 24.4 Å². The van der Waals surface area contributed by atoms with Gasteiger partial charge in [0, 0.05) is 25.7 Å². The Kier molecular flexibility index (Phi) is 24.7. The van der Waals surface area contributed by atoms with Gasteiger partial charge in [-0.05, 0) is 44.9 Å². The van der Waals surface area contributed by atoms with E-state index < -0.39 is 0 Å². The molecular weight excluding hydrogens is 386 g/mol. The van der Waals surface area contributed by atoms with Crippen molar-refractivity contribution in [3.05, 3.63) is 12.2 Å². The molecular formula is C27H53NO3. The number of hydrogen-bond donors (Lipinski definition) is 3. The molecule has 0 spiro atoms. The number of nitrogens with one attached hydrogen (secondary N) is 1. The van der Waals surface area contributed by atoms with Gasteiger partial charge in [-0.25, -0.2) is 0 Å². The molecule has 0 saturated heterocycles. The van der Waals surface area contributed by atoms with Gasteiger partial charge in [-0.3, -0.25) is 4.79 Å².